The molecule has 0 spiro atoms. The Balaban J connectivity index is 1.44. The third-order valence-electron chi connectivity index (χ3n) is 4.32. The van der Waals surface area contributed by atoms with Gasteiger partial charge in [-0.1, -0.05) is 40.2 Å². The van der Waals surface area contributed by atoms with Crippen LogP contribution in [0.4, 0.5) is 4.39 Å². The van der Waals surface area contributed by atoms with Crippen LogP contribution in [0.2, 0.25) is 0 Å². The smallest absolute Gasteiger partial charge is 0.254 e. The summed E-state index contributed by atoms with van der Waals surface area (Å²) >= 11 is 3.19. The Morgan fingerprint density at radius 3 is 2.79 bits per heavy atom. The van der Waals surface area contributed by atoms with Crippen LogP contribution in [0, 0.1) is 5.82 Å². The Kier molecular flexibility index (Phi) is 5.63. The fraction of sp³-hybridized carbons (Fsp3) is 0.316. The molecule has 1 aliphatic heterocycles. The third-order valence-corrected chi connectivity index (χ3v) is 4.82. The lowest BCUT2D eigenvalue weighted by Crippen LogP contribution is -2.33. The summed E-state index contributed by atoms with van der Waals surface area (Å²) in [5.74, 6) is -0.862. The van der Waals surface area contributed by atoms with E-state index < -0.39 is 5.82 Å². The molecule has 0 saturated heterocycles. The summed E-state index contributed by atoms with van der Waals surface area (Å²) in [6, 6.07) is 13.0. The minimum Gasteiger partial charge on any atom is -0.352 e. The van der Waals surface area contributed by atoms with E-state index in [9.17, 15) is 9.18 Å². The van der Waals surface area contributed by atoms with E-state index in [0.717, 1.165) is 32.5 Å². The number of rotatable bonds is 5. The average molecular weight is 391 g/mol. The van der Waals surface area contributed by atoms with Gasteiger partial charge in [-0.2, -0.15) is 0 Å². The number of benzene rings is 2. The number of hydrogen-bond donors (Lipinski definition) is 1. The Bertz CT molecular complexity index is 735. The van der Waals surface area contributed by atoms with Crippen molar-refractivity contribution in [2.24, 2.45) is 0 Å². The molecule has 0 saturated carbocycles. The third kappa shape index (κ3) is 4.22. The first-order chi connectivity index (χ1) is 11.6. The minimum atomic E-state index is -0.505. The molecule has 24 heavy (non-hydrogen) atoms. The maximum absolute atomic E-state index is 13.7. The lowest BCUT2D eigenvalue weighted by atomic mass is 10.00. The summed E-state index contributed by atoms with van der Waals surface area (Å²) in [5, 5.41) is 2.80. The fourth-order valence-corrected chi connectivity index (χ4v) is 3.35. The number of hydrogen-bond acceptors (Lipinski definition) is 2. The number of halogens is 2. The fourth-order valence-electron chi connectivity index (χ4n) is 3.02. The van der Waals surface area contributed by atoms with Gasteiger partial charge in [0, 0.05) is 30.7 Å². The van der Waals surface area contributed by atoms with Crippen LogP contribution < -0.4 is 5.32 Å². The van der Waals surface area contributed by atoms with E-state index in [0.29, 0.717) is 11.0 Å². The van der Waals surface area contributed by atoms with Gasteiger partial charge in [0.15, 0.2) is 0 Å². The van der Waals surface area contributed by atoms with Crippen LogP contribution in [0.3, 0.4) is 0 Å². The zero-order valence-electron chi connectivity index (χ0n) is 13.4. The molecule has 2 aromatic carbocycles. The molecule has 0 bridgehead atoms. The maximum Gasteiger partial charge on any atom is 0.254 e. The molecule has 0 fully saturated rings. The van der Waals surface area contributed by atoms with Crippen molar-refractivity contribution in [3.05, 3.63) is 69.4 Å². The quantitative estimate of drug-likeness (QED) is 0.788. The summed E-state index contributed by atoms with van der Waals surface area (Å²) in [6.07, 6.45) is 1.93. The van der Waals surface area contributed by atoms with Gasteiger partial charge in [0.25, 0.3) is 5.91 Å². The van der Waals surface area contributed by atoms with Gasteiger partial charge in [0.1, 0.15) is 5.82 Å². The molecule has 0 aliphatic carbocycles. The maximum atomic E-state index is 13.7. The highest BCUT2D eigenvalue weighted by atomic mass is 79.9. The first-order valence-electron chi connectivity index (χ1n) is 8.16. The Morgan fingerprint density at radius 2 is 2.00 bits per heavy atom. The predicted octanol–water partition coefficient (Wildman–Crippen LogP) is 3.77. The van der Waals surface area contributed by atoms with Crippen LogP contribution in [0.5, 0.6) is 0 Å². The van der Waals surface area contributed by atoms with Gasteiger partial charge in [-0.3, -0.25) is 9.69 Å². The van der Waals surface area contributed by atoms with Crippen molar-refractivity contribution < 1.29 is 9.18 Å². The van der Waals surface area contributed by atoms with E-state index in [1.54, 1.807) is 6.07 Å². The van der Waals surface area contributed by atoms with Gasteiger partial charge in [0.05, 0.1) is 5.56 Å². The SMILES string of the molecule is O=C(NCCCN1CCc2ccccc2C1)c1ccc(Br)cc1F. The number of carbonyl (C=O) groups is 1. The Hall–Kier alpha value is -1.72. The monoisotopic (exact) mass is 390 g/mol. The van der Waals surface area contributed by atoms with Crippen molar-refractivity contribution in [1.82, 2.24) is 10.2 Å². The van der Waals surface area contributed by atoms with E-state index >= 15 is 0 Å². The van der Waals surface area contributed by atoms with Gasteiger partial charge in [-0.25, -0.2) is 4.39 Å². The van der Waals surface area contributed by atoms with Gasteiger partial charge >= 0.3 is 0 Å². The van der Waals surface area contributed by atoms with Crippen LogP contribution in [0.25, 0.3) is 0 Å². The van der Waals surface area contributed by atoms with Crippen molar-refractivity contribution >= 4 is 21.8 Å². The number of nitrogens with one attached hydrogen (secondary N) is 1. The van der Waals surface area contributed by atoms with Crippen LogP contribution in [0.15, 0.2) is 46.9 Å². The van der Waals surface area contributed by atoms with E-state index in [1.807, 2.05) is 0 Å². The normalized spacial score (nSPS) is 14.2. The second-order valence-corrected chi connectivity index (χ2v) is 6.94. The standard InChI is InChI=1S/C19H20BrFN2O/c20-16-6-7-17(18(21)12-16)19(24)22-9-3-10-23-11-8-14-4-1-2-5-15(14)13-23/h1-2,4-7,12H,3,8-11,13H2,(H,22,24). The van der Waals surface area contributed by atoms with Gasteiger partial charge in [-0.05, 0) is 42.2 Å². The molecule has 3 nitrogen and oxygen atoms in total. The average Bonchev–Trinajstić information content (AvgIpc) is 2.58. The lowest BCUT2D eigenvalue weighted by molar-refractivity contribution is 0.0947. The molecule has 1 N–H and O–H groups in total. The lowest BCUT2D eigenvalue weighted by Gasteiger charge is -2.28. The summed E-state index contributed by atoms with van der Waals surface area (Å²) < 4.78 is 14.4. The molecular weight excluding hydrogens is 371 g/mol. The number of amides is 1. The first-order valence-corrected chi connectivity index (χ1v) is 8.95. The number of carbonyl (C=O) groups excluding carboxylic acids is 1. The molecule has 2 aromatic rings. The van der Waals surface area contributed by atoms with Gasteiger partial charge < -0.3 is 5.32 Å². The largest absolute Gasteiger partial charge is 0.352 e. The first kappa shape index (κ1) is 17.1. The topological polar surface area (TPSA) is 32.3 Å². The second kappa shape index (κ2) is 7.90. The van der Waals surface area contributed by atoms with Crippen molar-refractivity contribution in [3.8, 4) is 0 Å². The molecule has 126 valence electrons. The summed E-state index contributed by atoms with van der Waals surface area (Å²) in [5.41, 5.74) is 2.92. The van der Waals surface area contributed by atoms with Crippen molar-refractivity contribution in [1.29, 1.82) is 0 Å². The van der Waals surface area contributed by atoms with Crippen LogP contribution in [-0.2, 0) is 13.0 Å². The van der Waals surface area contributed by atoms with Gasteiger partial charge in [0.2, 0.25) is 0 Å². The summed E-state index contributed by atoms with van der Waals surface area (Å²) in [4.78, 5) is 14.4. The zero-order chi connectivity index (χ0) is 16.9. The molecule has 1 heterocycles. The van der Waals surface area contributed by atoms with Crippen molar-refractivity contribution in [2.75, 3.05) is 19.6 Å². The Labute approximate surface area is 150 Å². The number of fused-ring (bicyclic) bond motifs is 1. The minimum absolute atomic E-state index is 0.0881. The molecular formula is C19H20BrFN2O. The highest BCUT2D eigenvalue weighted by Gasteiger charge is 2.15. The molecule has 0 radical (unpaired) electrons. The van der Waals surface area contributed by atoms with Crippen LogP contribution >= 0.6 is 15.9 Å². The summed E-state index contributed by atoms with van der Waals surface area (Å²) in [6.45, 7) is 3.49. The highest BCUT2D eigenvalue weighted by molar-refractivity contribution is 9.10. The molecule has 1 aliphatic rings. The predicted molar refractivity (Wildman–Crippen MR) is 96.5 cm³/mol. The second-order valence-electron chi connectivity index (χ2n) is 6.03. The summed E-state index contributed by atoms with van der Waals surface area (Å²) in [7, 11) is 0. The van der Waals surface area contributed by atoms with E-state index in [-0.39, 0.29) is 11.5 Å². The van der Waals surface area contributed by atoms with Crippen LogP contribution in [0.1, 0.15) is 27.9 Å². The molecule has 0 aromatic heterocycles. The highest BCUT2D eigenvalue weighted by Crippen LogP contribution is 2.18. The van der Waals surface area contributed by atoms with Crippen LogP contribution in [-0.4, -0.2) is 30.4 Å². The molecule has 0 unspecified atom stereocenters. The van der Waals surface area contributed by atoms with E-state index in [1.165, 1.54) is 23.3 Å². The zero-order valence-corrected chi connectivity index (χ0v) is 15.0. The van der Waals surface area contributed by atoms with E-state index in [4.69, 9.17) is 0 Å². The van der Waals surface area contributed by atoms with E-state index in [2.05, 4.69) is 50.4 Å². The number of nitrogens with zero attached hydrogens (tertiary/aromatic N) is 1. The van der Waals surface area contributed by atoms with Crippen molar-refractivity contribution in [3.63, 3.8) is 0 Å². The van der Waals surface area contributed by atoms with Crippen molar-refractivity contribution in [2.45, 2.75) is 19.4 Å². The molecule has 0 atom stereocenters. The molecule has 3 rings (SSSR count). The molecule has 5 heteroatoms. The molecule has 1 amide bonds. The van der Waals surface area contributed by atoms with Gasteiger partial charge in [-0.15, -0.1) is 0 Å². The Morgan fingerprint density at radius 1 is 1.21 bits per heavy atom.